The summed E-state index contributed by atoms with van der Waals surface area (Å²) in [4.78, 5) is 9.22. The quantitative estimate of drug-likeness (QED) is 0.855. The van der Waals surface area contributed by atoms with Crippen LogP contribution >= 0.6 is 0 Å². The van der Waals surface area contributed by atoms with Crippen LogP contribution in [0.15, 0.2) is 42.9 Å². The summed E-state index contributed by atoms with van der Waals surface area (Å²) in [6.07, 6.45) is 0.176. The molecule has 2 aromatic rings. The molecular weight excluding hydrogens is 255 g/mol. The highest BCUT2D eigenvalue weighted by Crippen LogP contribution is 2.34. The van der Waals surface area contributed by atoms with E-state index in [4.69, 9.17) is 0 Å². The Kier molecular flexibility index (Phi) is 3.69. The number of hydrogen-bond acceptors (Lipinski definition) is 3. The molecule has 2 heterocycles. The number of nitrogens with zero attached hydrogens (tertiary/aromatic N) is 3. The van der Waals surface area contributed by atoms with Crippen LogP contribution in [-0.4, -0.2) is 17.0 Å². The summed E-state index contributed by atoms with van der Waals surface area (Å²) in [7, 11) is 1.57. The molecule has 19 heavy (non-hydrogen) atoms. The zero-order chi connectivity index (χ0) is 13.9. The van der Waals surface area contributed by atoms with Gasteiger partial charge < -0.3 is 4.90 Å². The van der Waals surface area contributed by atoms with E-state index in [1.54, 1.807) is 31.6 Å². The van der Waals surface area contributed by atoms with Crippen molar-refractivity contribution in [3.63, 3.8) is 0 Å². The van der Waals surface area contributed by atoms with Crippen LogP contribution in [0.4, 0.5) is 19.0 Å². The number of alkyl halides is 3. The standard InChI is InChI=1S/C13H12F3N3/c1-19(9-10-4-2-6-17-8-10)12-11(13(14,15)16)5-3-7-18-12/h2-8H,9H2,1H3. The maximum Gasteiger partial charge on any atom is 0.419 e. The molecule has 0 aliphatic heterocycles. The minimum Gasteiger partial charge on any atom is -0.355 e. The molecule has 0 saturated carbocycles. The van der Waals surface area contributed by atoms with E-state index >= 15 is 0 Å². The molecule has 0 radical (unpaired) electrons. The van der Waals surface area contributed by atoms with Gasteiger partial charge in [-0.1, -0.05) is 6.07 Å². The second-order valence-electron chi connectivity index (χ2n) is 4.09. The second-order valence-corrected chi connectivity index (χ2v) is 4.09. The first-order valence-electron chi connectivity index (χ1n) is 5.61. The summed E-state index contributed by atoms with van der Waals surface area (Å²) in [5.41, 5.74) is 0.0881. The molecule has 0 saturated heterocycles. The van der Waals surface area contributed by atoms with Crippen molar-refractivity contribution in [2.24, 2.45) is 0 Å². The molecule has 2 aromatic heterocycles. The first-order valence-corrected chi connectivity index (χ1v) is 5.61. The smallest absolute Gasteiger partial charge is 0.355 e. The van der Waals surface area contributed by atoms with Crippen LogP contribution < -0.4 is 4.90 Å². The minimum atomic E-state index is -4.41. The van der Waals surface area contributed by atoms with E-state index in [-0.39, 0.29) is 5.82 Å². The van der Waals surface area contributed by atoms with Crippen molar-refractivity contribution in [1.82, 2.24) is 9.97 Å². The second kappa shape index (κ2) is 5.26. The van der Waals surface area contributed by atoms with Gasteiger partial charge in [-0.05, 0) is 23.8 Å². The van der Waals surface area contributed by atoms with E-state index in [9.17, 15) is 13.2 Å². The van der Waals surface area contributed by atoms with Crippen LogP contribution in [0.2, 0.25) is 0 Å². The van der Waals surface area contributed by atoms with Gasteiger partial charge in [0.2, 0.25) is 0 Å². The Morgan fingerprint density at radius 1 is 1.16 bits per heavy atom. The zero-order valence-electron chi connectivity index (χ0n) is 10.2. The largest absolute Gasteiger partial charge is 0.419 e. The van der Waals surface area contributed by atoms with E-state index in [2.05, 4.69) is 9.97 Å². The molecular formula is C13H12F3N3. The first-order chi connectivity index (χ1) is 8.98. The number of halogens is 3. The lowest BCUT2D eigenvalue weighted by molar-refractivity contribution is -0.137. The first kappa shape index (κ1) is 13.3. The van der Waals surface area contributed by atoms with E-state index in [1.165, 1.54) is 17.2 Å². The highest BCUT2D eigenvalue weighted by atomic mass is 19.4. The van der Waals surface area contributed by atoms with Gasteiger partial charge in [0.1, 0.15) is 5.82 Å². The molecule has 0 bridgehead atoms. The molecule has 100 valence electrons. The Labute approximate surface area is 108 Å². The predicted octanol–water partition coefficient (Wildman–Crippen LogP) is 3.13. The van der Waals surface area contributed by atoms with Gasteiger partial charge in [-0.3, -0.25) is 4.98 Å². The van der Waals surface area contributed by atoms with Crippen molar-refractivity contribution >= 4 is 5.82 Å². The molecule has 6 heteroatoms. The summed E-state index contributed by atoms with van der Waals surface area (Å²) < 4.78 is 38.6. The Bertz CT molecular complexity index is 540. The van der Waals surface area contributed by atoms with Crippen LogP contribution in [-0.2, 0) is 12.7 Å². The summed E-state index contributed by atoms with van der Waals surface area (Å²) in [5.74, 6) is -0.0844. The highest BCUT2D eigenvalue weighted by molar-refractivity contribution is 5.48. The van der Waals surface area contributed by atoms with E-state index in [0.29, 0.717) is 6.54 Å². The van der Waals surface area contributed by atoms with Crippen molar-refractivity contribution in [3.05, 3.63) is 54.0 Å². The van der Waals surface area contributed by atoms with Crippen LogP contribution in [0, 0.1) is 0 Å². The Morgan fingerprint density at radius 3 is 2.53 bits per heavy atom. The highest BCUT2D eigenvalue weighted by Gasteiger charge is 2.35. The normalized spacial score (nSPS) is 11.4. The molecule has 0 aromatic carbocycles. The summed E-state index contributed by atoms with van der Waals surface area (Å²) >= 11 is 0. The molecule has 0 fully saturated rings. The number of hydrogen-bond donors (Lipinski definition) is 0. The average Bonchev–Trinajstić information content (AvgIpc) is 2.39. The number of pyridine rings is 2. The van der Waals surface area contributed by atoms with Crippen molar-refractivity contribution in [1.29, 1.82) is 0 Å². The van der Waals surface area contributed by atoms with Crippen molar-refractivity contribution in [3.8, 4) is 0 Å². The molecule has 0 N–H and O–H groups in total. The summed E-state index contributed by atoms with van der Waals surface area (Å²) in [6, 6.07) is 5.86. The third kappa shape index (κ3) is 3.21. The van der Waals surface area contributed by atoms with E-state index < -0.39 is 11.7 Å². The lowest BCUT2D eigenvalue weighted by Gasteiger charge is -2.21. The van der Waals surface area contributed by atoms with Crippen molar-refractivity contribution < 1.29 is 13.2 Å². The Hall–Kier alpha value is -2.11. The van der Waals surface area contributed by atoms with Gasteiger partial charge in [0.15, 0.2) is 0 Å². The fourth-order valence-corrected chi connectivity index (χ4v) is 1.76. The van der Waals surface area contributed by atoms with Gasteiger partial charge in [0.25, 0.3) is 0 Å². The van der Waals surface area contributed by atoms with Gasteiger partial charge in [-0.15, -0.1) is 0 Å². The third-order valence-corrected chi connectivity index (χ3v) is 2.60. The Morgan fingerprint density at radius 2 is 1.89 bits per heavy atom. The summed E-state index contributed by atoms with van der Waals surface area (Å²) in [5, 5.41) is 0. The number of rotatable bonds is 3. The zero-order valence-corrected chi connectivity index (χ0v) is 10.2. The molecule has 0 atom stereocenters. The number of anilines is 1. The van der Waals surface area contributed by atoms with Crippen LogP contribution in [0.1, 0.15) is 11.1 Å². The molecule has 0 spiro atoms. The molecule has 2 rings (SSSR count). The monoisotopic (exact) mass is 267 g/mol. The van der Waals surface area contributed by atoms with Gasteiger partial charge in [-0.2, -0.15) is 13.2 Å². The fourth-order valence-electron chi connectivity index (χ4n) is 1.76. The molecule has 0 aliphatic rings. The van der Waals surface area contributed by atoms with Crippen molar-refractivity contribution in [2.45, 2.75) is 12.7 Å². The average molecular weight is 267 g/mol. The van der Waals surface area contributed by atoms with Gasteiger partial charge >= 0.3 is 6.18 Å². The predicted molar refractivity (Wildman–Crippen MR) is 65.6 cm³/mol. The minimum absolute atomic E-state index is 0.0844. The maximum absolute atomic E-state index is 12.9. The van der Waals surface area contributed by atoms with Crippen LogP contribution in [0.3, 0.4) is 0 Å². The molecule has 0 aliphatic carbocycles. The Balaban J connectivity index is 2.27. The maximum atomic E-state index is 12.9. The van der Waals surface area contributed by atoms with Crippen molar-refractivity contribution in [2.75, 3.05) is 11.9 Å². The lowest BCUT2D eigenvalue weighted by Crippen LogP contribution is -2.22. The fraction of sp³-hybridized carbons (Fsp3) is 0.231. The molecule has 0 unspecified atom stereocenters. The molecule has 3 nitrogen and oxygen atoms in total. The summed E-state index contributed by atoms with van der Waals surface area (Å²) in [6.45, 7) is 0.313. The van der Waals surface area contributed by atoms with Gasteiger partial charge in [-0.25, -0.2) is 4.98 Å². The van der Waals surface area contributed by atoms with E-state index in [0.717, 1.165) is 11.6 Å². The molecule has 0 amide bonds. The lowest BCUT2D eigenvalue weighted by atomic mass is 10.2. The van der Waals surface area contributed by atoms with Gasteiger partial charge in [0.05, 0.1) is 5.56 Å². The third-order valence-electron chi connectivity index (χ3n) is 2.60. The number of aromatic nitrogens is 2. The van der Waals surface area contributed by atoms with E-state index in [1.807, 2.05) is 0 Å². The van der Waals surface area contributed by atoms with Crippen LogP contribution in [0.25, 0.3) is 0 Å². The topological polar surface area (TPSA) is 29.0 Å². The van der Waals surface area contributed by atoms with Crippen LogP contribution in [0.5, 0.6) is 0 Å². The SMILES string of the molecule is CN(Cc1cccnc1)c1ncccc1C(F)(F)F. The van der Waals surface area contributed by atoms with Gasteiger partial charge in [0, 0.05) is 32.2 Å².